The number of hydrogen-bond donors (Lipinski definition) is 0. The predicted octanol–water partition coefficient (Wildman–Crippen LogP) is 3.10. The van der Waals surface area contributed by atoms with E-state index in [0.717, 1.165) is 16.1 Å². The molecule has 0 unspecified atom stereocenters. The summed E-state index contributed by atoms with van der Waals surface area (Å²) in [5.74, 6) is 0. The Labute approximate surface area is 140 Å². The number of morpholine rings is 1. The molecule has 0 spiro atoms. The van der Waals surface area contributed by atoms with Crippen LogP contribution in [0, 0.1) is 0 Å². The highest BCUT2D eigenvalue weighted by atomic mass is 35.5. The van der Waals surface area contributed by atoms with E-state index < -0.39 is 0 Å². The van der Waals surface area contributed by atoms with E-state index >= 15 is 0 Å². The van der Waals surface area contributed by atoms with Crippen molar-refractivity contribution in [1.82, 2.24) is 4.90 Å². The number of aromatic nitrogens is 1. The summed E-state index contributed by atoms with van der Waals surface area (Å²) in [5, 5.41) is 0.726. The number of nitrogens with zero attached hydrogens (tertiary/aromatic N) is 2. The molecule has 1 aromatic carbocycles. The van der Waals surface area contributed by atoms with Gasteiger partial charge in [0.1, 0.15) is 13.1 Å². The van der Waals surface area contributed by atoms with Crippen molar-refractivity contribution in [2.45, 2.75) is 0 Å². The smallest absolute Gasteiger partial charge is 0.373 e. The second kappa shape index (κ2) is 7.40. The number of halogens is 1. The molecule has 2 heterocycles. The van der Waals surface area contributed by atoms with Gasteiger partial charge in [0.15, 0.2) is 0 Å². The van der Waals surface area contributed by atoms with Crippen molar-refractivity contribution in [2.75, 3.05) is 26.3 Å². The largest absolute Gasteiger partial charge is 0.498 e. The molecule has 1 amide bonds. The summed E-state index contributed by atoms with van der Waals surface area (Å²) in [6.07, 6.45) is 7.60. The molecule has 0 radical (unpaired) electrons. The van der Waals surface area contributed by atoms with Crippen LogP contribution in [-0.2, 0) is 4.74 Å². The number of amides is 1. The lowest BCUT2D eigenvalue weighted by atomic mass is 10.1. The third-order valence-corrected chi connectivity index (χ3v) is 3.95. The monoisotopic (exact) mass is 329 g/mol. The maximum absolute atomic E-state index is 12.3. The Morgan fingerprint density at radius 2 is 1.57 bits per heavy atom. The number of carbonyl (C=O) groups excluding carboxylic acids is 1. The fourth-order valence-corrected chi connectivity index (χ4v) is 2.49. The molecular formula is C18H18ClN2O2+. The molecule has 0 aliphatic carbocycles. The molecule has 0 bridgehead atoms. The van der Waals surface area contributed by atoms with Gasteiger partial charge in [-0.3, -0.25) is 0 Å². The van der Waals surface area contributed by atoms with Gasteiger partial charge in [-0.1, -0.05) is 35.9 Å². The summed E-state index contributed by atoms with van der Waals surface area (Å²) < 4.78 is 6.87. The normalized spacial score (nSPS) is 15.1. The summed E-state index contributed by atoms with van der Waals surface area (Å²) >= 11 is 5.87. The first-order valence-electron chi connectivity index (χ1n) is 7.54. The lowest BCUT2D eigenvalue weighted by Crippen LogP contribution is -2.55. The van der Waals surface area contributed by atoms with Gasteiger partial charge in [-0.2, -0.15) is 9.36 Å². The minimum atomic E-state index is -0.0125. The van der Waals surface area contributed by atoms with E-state index in [9.17, 15) is 4.79 Å². The molecule has 0 N–H and O–H groups in total. The van der Waals surface area contributed by atoms with E-state index in [-0.39, 0.29) is 6.03 Å². The molecule has 0 atom stereocenters. The van der Waals surface area contributed by atoms with Gasteiger partial charge >= 0.3 is 6.03 Å². The Bertz CT molecular complexity index is 690. The van der Waals surface area contributed by atoms with Gasteiger partial charge in [0.25, 0.3) is 0 Å². The Kier molecular flexibility index (Phi) is 5.05. The first-order chi connectivity index (χ1) is 11.2. The molecule has 23 heavy (non-hydrogen) atoms. The molecule has 1 aliphatic heterocycles. The van der Waals surface area contributed by atoms with Gasteiger partial charge < -0.3 is 4.74 Å². The molecule has 1 fully saturated rings. The minimum absolute atomic E-state index is 0.0125. The Morgan fingerprint density at radius 1 is 1.00 bits per heavy atom. The maximum atomic E-state index is 12.3. The van der Waals surface area contributed by atoms with Crippen molar-refractivity contribution in [3.63, 3.8) is 0 Å². The van der Waals surface area contributed by atoms with Crippen molar-refractivity contribution >= 4 is 29.8 Å². The van der Waals surface area contributed by atoms with Gasteiger partial charge in [0.2, 0.25) is 0 Å². The lowest BCUT2D eigenvalue weighted by molar-refractivity contribution is -0.578. The summed E-state index contributed by atoms with van der Waals surface area (Å²) in [7, 11) is 0. The molecule has 3 rings (SSSR count). The summed E-state index contributed by atoms with van der Waals surface area (Å²) in [5.41, 5.74) is 2.11. The first kappa shape index (κ1) is 15.7. The van der Waals surface area contributed by atoms with Crippen LogP contribution in [0.2, 0.25) is 5.02 Å². The predicted molar refractivity (Wildman–Crippen MR) is 90.2 cm³/mol. The maximum Gasteiger partial charge on any atom is 0.498 e. The van der Waals surface area contributed by atoms with Gasteiger partial charge in [0, 0.05) is 5.02 Å². The molecular weight excluding hydrogens is 312 g/mol. The molecule has 1 aliphatic rings. The van der Waals surface area contributed by atoms with Gasteiger partial charge in [-0.15, -0.1) is 0 Å². The van der Waals surface area contributed by atoms with E-state index in [4.69, 9.17) is 16.3 Å². The third kappa shape index (κ3) is 4.18. The topological polar surface area (TPSA) is 33.4 Å². The number of hydrogen-bond acceptors (Lipinski definition) is 2. The molecule has 2 aromatic rings. The second-order valence-corrected chi connectivity index (χ2v) is 5.74. The quantitative estimate of drug-likeness (QED) is 0.793. The summed E-state index contributed by atoms with van der Waals surface area (Å²) in [4.78, 5) is 14.1. The van der Waals surface area contributed by atoms with Gasteiger partial charge in [0.05, 0.1) is 25.6 Å². The van der Waals surface area contributed by atoms with Crippen LogP contribution in [0.3, 0.4) is 0 Å². The molecule has 5 heteroatoms. The fraction of sp³-hybridized carbons (Fsp3) is 0.222. The molecule has 0 saturated carbocycles. The zero-order valence-corrected chi connectivity index (χ0v) is 13.4. The van der Waals surface area contributed by atoms with Crippen molar-refractivity contribution < 1.29 is 14.1 Å². The van der Waals surface area contributed by atoms with Gasteiger partial charge in [-0.25, -0.2) is 4.90 Å². The van der Waals surface area contributed by atoms with Crippen LogP contribution in [0.5, 0.6) is 0 Å². The van der Waals surface area contributed by atoms with Crippen LogP contribution in [0.15, 0.2) is 48.8 Å². The minimum Gasteiger partial charge on any atom is -0.373 e. The van der Waals surface area contributed by atoms with Crippen molar-refractivity contribution in [1.29, 1.82) is 0 Å². The average molecular weight is 330 g/mol. The first-order valence-corrected chi connectivity index (χ1v) is 7.92. The lowest BCUT2D eigenvalue weighted by Gasteiger charge is -2.19. The van der Waals surface area contributed by atoms with Crippen molar-refractivity contribution in [2.24, 2.45) is 0 Å². The van der Waals surface area contributed by atoms with Crippen LogP contribution < -0.4 is 4.57 Å². The third-order valence-electron chi connectivity index (χ3n) is 3.70. The SMILES string of the molecule is O=C(N1CCOCC1)[n+]1ccc(C=Cc2ccc(Cl)cc2)cc1. The van der Waals surface area contributed by atoms with E-state index in [1.165, 1.54) is 0 Å². The second-order valence-electron chi connectivity index (χ2n) is 5.31. The summed E-state index contributed by atoms with van der Waals surface area (Å²) in [6, 6.07) is 11.5. The highest BCUT2D eigenvalue weighted by Gasteiger charge is 2.26. The highest BCUT2D eigenvalue weighted by molar-refractivity contribution is 6.30. The summed E-state index contributed by atoms with van der Waals surface area (Å²) in [6.45, 7) is 2.50. The van der Waals surface area contributed by atoms with E-state index in [1.807, 2.05) is 48.6 Å². The Morgan fingerprint density at radius 3 is 2.17 bits per heavy atom. The van der Waals surface area contributed by atoms with Crippen LogP contribution in [0.4, 0.5) is 4.79 Å². The van der Waals surface area contributed by atoms with Crippen LogP contribution >= 0.6 is 11.6 Å². The number of benzene rings is 1. The Hall–Kier alpha value is -2.17. The Balaban J connectivity index is 1.66. The fourth-order valence-electron chi connectivity index (χ4n) is 2.36. The number of rotatable bonds is 2. The average Bonchev–Trinajstić information content (AvgIpc) is 2.62. The molecule has 118 valence electrons. The number of ether oxygens (including phenoxy) is 1. The van der Waals surface area contributed by atoms with Crippen LogP contribution in [0.1, 0.15) is 11.1 Å². The standard InChI is InChI=1S/C18H18ClN2O2/c19-17-5-3-15(4-6-17)1-2-16-7-9-20(10-8-16)18(22)21-11-13-23-14-12-21/h1-10H,11-14H2/q+1. The van der Waals surface area contributed by atoms with Crippen molar-refractivity contribution in [3.05, 3.63) is 64.9 Å². The van der Waals surface area contributed by atoms with E-state index in [1.54, 1.807) is 21.9 Å². The van der Waals surface area contributed by atoms with Gasteiger partial charge in [-0.05, 0) is 35.4 Å². The van der Waals surface area contributed by atoms with E-state index in [2.05, 4.69) is 0 Å². The zero-order chi connectivity index (χ0) is 16.1. The van der Waals surface area contributed by atoms with Crippen LogP contribution in [-0.4, -0.2) is 37.2 Å². The van der Waals surface area contributed by atoms with Crippen molar-refractivity contribution in [3.8, 4) is 0 Å². The highest BCUT2D eigenvalue weighted by Crippen LogP contribution is 2.12. The number of pyridine rings is 1. The van der Waals surface area contributed by atoms with E-state index in [0.29, 0.717) is 26.3 Å². The molecule has 4 nitrogen and oxygen atoms in total. The molecule has 1 saturated heterocycles. The molecule has 1 aromatic heterocycles. The zero-order valence-electron chi connectivity index (χ0n) is 12.7. The number of carbonyl (C=O) groups is 1. The van der Waals surface area contributed by atoms with Crippen LogP contribution in [0.25, 0.3) is 12.2 Å².